The molecule has 0 saturated heterocycles. The predicted molar refractivity (Wildman–Crippen MR) is 159 cm³/mol. The van der Waals surface area contributed by atoms with Crippen LogP contribution in [-0.2, 0) is 13.1 Å². The molecule has 2 aromatic heterocycles. The lowest BCUT2D eigenvalue weighted by Gasteiger charge is -2.17. The van der Waals surface area contributed by atoms with Crippen LogP contribution in [0.15, 0.2) is 59.7 Å². The Bertz CT molecular complexity index is 1100. The van der Waals surface area contributed by atoms with Gasteiger partial charge in [0, 0.05) is 30.5 Å². The number of benzene rings is 1. The molecule has 0 saturated carbocycles. The van der Waals surface area contributed by atoms with E-state index in [2.05, 4.69) is 59.6 Å². The lowest BCUT2D eigenvalue weighted by molar-refractivity contribution is -0.696. The van der Waals surface area contributed by atoms with Crippen LogP contribution in [0.25, 0.3) is 22.2 Å². The fourth-order valence-corrected chi connectivity index (χ4v) is 5.45. The predicted octanol–water partition coefficient (Wildman–Crippen LogP) is 9.24. The summed E-state index contributed by atoms with van der Waals surface area (Å²) < 4.78 is 4.70. The molecule has 202 valence electrons. The van der Waals surface area contributed by atoms with Crippen molar-refractivity contribution in [2.24, 2.45) is 0 Å². The molecule has 37 heavy (non-hydrogen) atoms. The third-order valence-corrected chi connectivity index (χ3v) is 7.68. The molecule has 0 aliphatic heterocycles. The quantitative estimate of drug-likeness (QED) is 0.118. The number of hydrogen-bond acceptors (Lipinski definition) is 1. The van der Waals surface area contributed by atoms with Crippen molar-refractivity contribution < 1.29 is 4.57 Å². The Morgan fingerprint density at radius 2 is 1.27 bits per heavy atom. The molecule has 0 aliphatic rings. The molecular formula is C34H51N2O+. The summed E-state index contributed by atoms with van der Waals surface area (Å²) in [5.41, 5.74) is 3.38. The molecule has 0 fully saturated rings. The Balaban J connectivity index is 1.65. The first-order valence-electron chi connectivity index (χ1n) is 15.4. The van der Waals surface area contributed by atoms with Crippen LogP contribution in [0.1, 0.15) is 117 Å². The zero-order chi connectivity index (χ0) is 26.1. The summed E-state index contributed by atoms with van der Waals surface area (Å²) in [7, 11) is 0. The molecule has 0 amide bonds. The van der Waals surface area contributed by atoms with Crippen molar-refractivity contribution in [3.05, 3.63) is 65.1 Å². The van der Waals surface area contributed by atoms with Crippen molar-refractivity contribution >= 4 is 10.9 Å². The molecular weight excluding hydrogens is 452 g/mol. The number of aromatic nitrogens is 2. The first-order chi connectivity index (χ1) is 18.2. The summed E-state index contributed by atoms with van der Waals surface area (Å²) in [6, 6.07) is 14.3. The number of fused-ring (bicyclic) bond motifs is 1. The van der Waals surface area contributed by atoms with E-state index in [0.717, 1.165) is 41.7 Å². The van der Waals surface area contributed by atoms with E-state index < -0.39 is 0 Å². The van der Waals surface area contributed by atoms with E-state index in [9.17, 15) is 4.79 Å². The van der Waals surface area contributed by atoms with Gasteiger partial charge in [-0.3, -0.25) is 4.79 Å². The lowest BCUT2D eigenvalue weighted by Crippen LogP contribution is -2.33. The molecule has 0 bridgehead atoms. The molecule has 0 spiro atoms. The van der Waals surface area contributed by atoms with Crippen LogP contribution in [-0.4, -0.2) is 4.57 Å². The summed E-state index contributed by atoms with van der Waals surface area (Å²) in [5.74, 6) is 0. The normalized spacial score (nSPS) is 11.4. The van der Waals surface area contributed by atoms with Gasteiger partial charge in [-0.1, -0.05) is 109 Å². The van der Waals surface area contributed by atoms with Crippen LogP contribution in [0, 0.1) is 0 Å². The van der Waals surface area contributed by atoms with Gasteiger partial charge in [-0.05, 0) is 31.0 Å². The largest absolute Gasteiger partial charge is 0.340 e. The molecule has 2 heterocycles. The number of aryl methyl sites for hydroxylation is 2. The second-order valence-electron chi connectivity index (χ2n) is 10.8. The van der Waals surface area contributed by atoms with Crippen LogP contribution >= 0.6 is 0 Å². The third kappa shape index (κ3) is 9.76. The van der Waals surface area contributed by atoms with Crippen molar-refractivity contribution in [1.82, 2.24) is 4.57 Å². The zero-order valence-electron chi connectivity index (χ0n) is 23.7. The van der Waals surface area contributed by atoms with Crippen LogP contribution in [0.4, 0.5) is 0 Å². The highest BCUT2D eigenvalue weighted by atomic mass is 16.1. The molecule has 3 aromatic rings. The molecule has 0 unspecified atom stereocenters. The number of nitrogens with zero attached hydrogens (tertiary/aromatic N) is 2. The number of pyridine rings is 2. The molecule has 0 atom stereocenters. The Morgan fingerprint density at radius 3 is 1.95 bits per heavy atom. The van der Waals surface area contributed by atoms with E-state index in [0.29, 0.717) is 0 Å². The average Bonchev–Trinajstić information content (AvgIpc) is 2.93. The molecule has 3 heteroatoms. The minimum atomic E-state index is 0.122. The van der Waals surface area contributed by atoms with Crippen LogP contribution < -0.4 is 10.00 Å². The van der Waals surface area contributed by atoms with Gasteiger partial charge in [0.15, 0.2) is 17.8 Å². The first kappa shape index (κ1) is 29.1. The SMILES string of the molecule is CCCCCCCCCCn1c(-c2ccc[n+](CCCCCCCCCC)c2)cc(=O)c2ccccc21. The monoisotopic (exact) mass is 503 g/mol. The van der Waals surface area contributed by atoms with Gasteiger partial charge in [-0.25, -0.2) is 4.57 Å². The molecule has 1 aromatic carbocycles. The summed E-state index contributed by atoms with van der Waals surface area (Å²) in [5, 5.41) is 0.827. The molecule has 3 nitrogen and oxygen atoms in total. The number of hydrogen-bond donors (Lipinski definition) is 0. The van der Waals surface area contributed by atoms with Gasteiger partial charge in [-0.2, -0.15) is 0 Å². The first-order valence-corrected chi connectivity index (χ1v) is 15.4. The van der Waals surface area contributed by atoms with Crippen molar-refractivity contribution in [2.45, 2.75) is 130 Å². The number of unbranched alkanes of at least 4 members (excludes halogenated alkanes) is 14. The number of para-hydroxylation sites is 1. The third-order valence-electron chi connectivity index (χ3n) is 7.68. The van der Waals surface area contributed by atoms with E-state index in [1.165, 1.54) is 96.3 Å². The van der Waals surface area contributed by atoms with Crippen molar-refractivity contribution in [3.8, 4) is 11.3 Å². The Labute approximate surface area is 225 Å². The maximum Gasteiger partial charge on any atom is 0.190 e. The van der Waals surface area contributed by atoms with Crippen molar-refractivity contribution in [1.29, 1.82) is 0 Å². The topological polar surface area (TPSA) is 25.9 Å². The van der Waals surface area contributed by atoms with E-state index in [-0.39, 0.29) is 5.43 Å². The van der Waals surface area contributed by atoms with Crippen LogP contribution in [0.5, 0.6) is 0 Å². The summed E-state index contributed by atoms with van der Waals surface area (Å²) >= 11 is 0. The standard InChI is InChI=1S/C34H51N2O/c1-3-5-7-9-11-13-15-19-25-35-26-21-22-30(29-35)33-28-34(37)31-23-17-18-24-32(31)36(33)27-20-16-14-12-10-8-6-4-2/h17-18,21-24,26,28-29H,3-16,19-20,25,27H2,1-2H3/q+1. The van der Waals surface area contributed by atoms with Gasteiger partial charge >= 0.3 is 0 Å². The Kier molecular flexibility index (Phi) is 13.5. The highest BCUT2D eigenvalue weighted by Crippen LogP contribution is 2.23. The fourth-order valence-electron chi connectivity index (χ4n) is 5.45. The lowest BCUT2D eigenvalue weighted by atomic mass is 10.1. The van der Waals surface area contributed by atoms with Gasteiger partial charge in [0.1, 0.15) is 6.54 Å². The van der Waals surface area contributed by atoms with Crippen LogP contribution in [0.3, 0.4) is 0 Å². The molecule has 0 aliphatic carbocycles. The highest BCUT2D eigenvalue weighted by molar-refractivity contribution is 5.82. The fraction of sp³-hybridized carbons (Fsp3) is 0.588. The van der Waals surface area contributed by atoms with Crippen molar-refractivity contribution in [3.63, 3.8) is 0 Å². The van der Waals surface area contributed by atoms with E-state index in [1.54, 1.807) is 0 Å². The smallest absolute Gasteiger partial charge is 0.190 e. The summed E-state index contributed by atoms with van der Waals surface area (Å²) in [6.45, 7) is 6.55. The van der Waals surface area contributed by atoms with Gasteiger partial charge < -0.3 is 4.57 Å². The average molecular weight is 504 g/mol. The van der Waals surface area contributed by atoms with E-state index in [1.807, 2.05) is 18.2 Å². The Morgan fingerprint density at radius 1 is 0.676 bits per heavy atom. The number of rotatable bonds is 19. The van der Waals surface area contributed by atoms with Gasteiger partial charge in [-0.15, -0.1) is 0 Å². The van der Waals surface area contributed by atoms with Gasteiger partial charge in [0.25, 0.3) is 0 Å². The maximum absolute atomic E-state index is 13.0. The van der Waals surface area contributed by atoms with Crippen LogP contribution in [0.2, 0.25) is 0 Å². The zero-order valence-corrected chi connectivity index (χ0v) is 23.7. The molecule has 0 radical (unpaired) electrons. The van der Waals surface area contributed by atoms with Gasteiger partial charge in [0.05, 0.1) is 16.8 Å². The Hall–Kier alpha value is -2.42. The van der Waals surface area contributed by atoms with Gasteiger partial charge in [0.2, 0.25) is 0 Å². The molecule has 3 rings (SSSR count). The maximum atomic E-state index is 13.0. The van der Waals surface area contributed by atoms with E-state index >= 15 is 0 Å². The summed E-state index contributed by atoms with van der Waals surface area (Å²) in [6.07, 6.45) is 25.6. The summed E-state index contributed by atoms with van der Waals surface area (Å²) in [4.78, 5) is 13.0. The van der Waals surface area contributed by atoms with E-state index in [4.69, 9.17) is 0 Å². The minimum absolute atomic E-state index is 0.122. The minimum Gasteiger partial charge on any atom is -0.340 e. The molecule has 0 N–H and O–H groups in total. The second-order valence-corrected chi connectivity index (χ2v) is 10.8. The highest BCUT2D eigenvalue weighted by Gasteiger charge is 2.13. The second kappa shape index (κ2) is 17.2. The van der Waals surface area contributed by atoms with Crippen molar-refractivity contribution in [2.75, 3.05) is 0 Å².